The lowest BCUT2D eigenvalue weighted by molar-refractivity contribution is 0.0624. The van der Waals surface area contributed by atoms with Crippen molar-refractivity contribution in [2.45, 2.75) is 13.5 Å². The number of hydrogen-bond acceptors (Lipinski definition) is 6. The van der Waals surface area contributed by atoms with Crippen molar-refractivity contribution in [1.29, 1.82) is 0 Å². The smallest absolute Gasteiger partial charge is 0.253 e. The average molecular weight is 392 g/mol. The Labute approximate surface area is 169 Å². The average Bonchev–Trinajstić information content (AvgIpc) is 3.23. The normalized spacial score (nSPS) is 14.7. The summed E-state index contributed by atoms with van der Waals surface area (Å²) in [4.78, 5) is 16.9. The molecule has 0 N–H and O–H groups in total. The Kier molecular flexibility index (Phi) is 5.81. The molecule has 3 aromatic rings. The number of rotatable bonds is 6. The van der Waals surface area contributed by atoms with Crippen molar-refractivity contribution < 1.29 is 9.53 Å². The van der Waals surface area contributed by atoms with E-state index in [-0.39, 0.29) is 5.91 Å². The standard InChI is InChI=1S/C21H24N6O2/c1-2-29-19-10-8-17(9-11-19)21(28)26-14-12-25(13-15-26)16-20-22-23-24-27(20)18-6-4-3-5-7-18/h3-11H,2,12-16H2,1H3. The summed E-state index contributed by atoms with van der Waals surface area (Å²) in [7, 11) is 0. The van der Waals surface area contributed by atoms with E-state index in [0.717, 1.165) is 30.4 Å². The van der Waals surface area contributed by atoms with Crippen molar-refractivity contribution in [3.05, 3.63) is 66.0 Å². The molecular weight excluding hydrogens is 368 g/mol. The number of piperazine rings is 1. The van der Waals surface area contributed by atoms with Crippen molar-refractivity contribution >= 4 is 5.91 Å². The highest BCUT2D eigenvalue weighted by Crippen LogP contribution is 2.16. The van der Waals surface area contributed by atoms with Crippen LogP contribution in [0.4, 0.5) is 0 Å². The molecule has 2 heterocycles. The van der Waals surface area contributed by atoms with Crippen LogP contribution in [-0.4, -0.2) is 68.7 Å². The number of nitrogens with zero attached hydrogens (tertiary/aromatic N) is 6. The lowest BCUT2D eigenvalue weighted by Crippen LogP contribution is -2.48. The number of benzene rings is 2. The number of amides is 1. The van der Waals surface area contributed by atoms with Gasteiger partial charge in [0.15, 0.2) is 5.82 Å². The molecule has 1 amide bonds. The largest absolute Gasteiger partial charge is 0.494 e. The molecule has 1 aromatic heterocycles. The fourth-order valence-electron chi connectivity index (χ4n) is 3.43. The second kappa shape index (κ2) is 8.83. The SMILES string of the molecule is CCOc1ccc(C(=O)N2CCN(Cc3nnnn3-c3ccccc3)CC2)cc1. The third-order valence-corrected chi connectivity index (χ3v) is 4.97. The van der Waals surface area contributed by atoms with Gasteiger partial charge in [-0.3, -0.25) is 9.69 Å². The van der Waals surface area contributed by atoms with E-state index in [1.165, 1.54) is 0 Å². The summed E-state index contributed by atoms with van der Waals surface area (Å²) in [6.45, 7) is 6.12. The minimum Gasteiger partial charge on any atom is -0.494 e. The molecule has 8 heteroatoms. The van der Waals surface area contributed by atoms with Crippen LogP contribution in [0.2, 0.25) is 0 Å². The first-order valence-electron chi connectivity index (χ1n) is 9.82. The molecule has 1 fully saturated rings. The van der Waals surface area contributed by atoms with Gasteiger partial charge in [-0.25, -0.2) is 0 Å². The highest BCUT2D eigenvalue weighted by Gasteiger charge is 2.23. The summed E-state index contributed by atoms with van der Waals surface area (Å²) in [5.74, 6) is 1.63. The molecule has 8 nitrogen and oxygen atoms in total. The molecule has 0 saturated carbocycles. The highest BCUT2D eigenvalue weighted by molar-refractivity contribution is 5.94. The molecule has 29 heavy (non-hydrogen) atoms. The van der Waals surface area contributed by atoms with Gasteiger partial charge in [-0.1, -0.05) is 18.2 Å². The maximum Gasteiger partial charge on any atom is 0.253 e. The first-order chi connectivity index (χ1) is 14.2. The Morgan fingerprint density at radius 2 is 1.72 bits per heavy atom. The van der Waals surface area contributed by atoms with E-state index in [1.54, 1.807) is 4.68 Å². The number of hydrogen-bond donors (Lipinski definition) is 0. The zero-order chi connectivity index (χ0) is 20.1. The van der Waals surface area contributed by atoms with E-state index in [1.807, 2.05) is 66.4 Å². The molecule has 1 saturated heterocycles. The van der Waals surface area contributed by atoms with Gasteiger partial charge < -0.3 is 9.64 Å². The Bertz CT molecular complexity index is 933. The quantitative estimate of drug-likeness (QED) is 0.639. The molecule has 2 aromatic carbocycles. The van der Waals surface area contributed by atoms with Crippen LogP contribution in [-0.2, 0) is 6.54 Å². The van der Waals surface area contributed by atoms with Crippen LogP contribution in [0, 0.1) is 0 Å². The minimum atomic E-state index is 0.0572. The second-order valence-corrected chi connectivity index (χ2v) is 6.87. The van der Waals surface area contributed by atoms with Crippen molar-refractivity contribution in [1.82, 2.24) is 30.0 Å². The first kappa shape index (κ1) is 19.1. The number of tetrazole rings is 1. The predicted molar refractivity (Wildman–Crippen MR) is 108 cm³/mol. The number of para-hydroxylation sites is 1. The molecule has 0 unspecified atom stereocenters. The Hall–Kier alpha value is -3.26. The van der Waals surface area contributed by atoms with Gasteiger partial charge in [-0.2, -0.15) is 4.68 Å². The zero-order valence-corrected chi connectivity index (χ0v) is 16.4. The summed E-state index contributed by atoms with van der Waals surface area (Å²) in [5.41, 5.74) is 1.63. The monoisotopic (exact) mass is 392 g/mol. The van der Waals surface area contributed by atoms with Crippen molar-refractivity contribution in [3.63, 3.8) is 0 Å². The van der Waals surface area contributed by atoms with Crippen LogP contribution in [0.1, 0.15) is 23.1 Å². The summed E-state index contributed by atoms with van der Waals surface area (Å²) in [6.07, 6.45) is 0. The maximum atomic E-state index is 12.8. The van der Waals surface area contributed by atoms with E-state index in [2.05, 4.69) is 20.4 Å². The van der Waals surface area contributed by atoms with Crippen LogP contribution in [0.3, 0.4) is 0 Å². The molecule has 0 bridgehead atoms. The van der Waals surface area contributed by atoms with E-state index in [0.29, 0.717) is 31.8 Å². The van der Waals surface area contributed by atoms with Gasteiger partial charge in [-0.15, -0.1) is 5.10 Å². The van der Waals surface area contributed by atoms with E-state index in [9.17, 15) is 4.79 Å². The van der Waals surface area contributed by atoms with E-state index < -0.39 is 0 Å². The van der Waals surface area contributed by atoms with Crippen LogP contribution in [0.25, 0.3) is 5.69 Å². The molecule has 1 aliphatic heterocycles. The number of ether oxygens (including phenoxy) is 1. The highest BCUT2D eigenvalue weighted by atomic mass is 16.5. The van der Waals surface area contributed by atoms with Crippen molar-refractivity contribution in [2.24, 2.45) is 0 Å². The van der Waals surface area contributed by atoms with Crippen molar-refractivity contribution in [3.8, 4) is 11.4 Å². The van der Waals surface area contributed by atoms with E-state index >= 15 is 0 Å². The summed E-state index contributed by atoms with van der Waals surface area (Å²) in [5, 5.41) is 12.1. The lowest BCUT2D eigenvalue weighted by atomic mass is 10.1. The molecular formula is C21H24N6O2. The zero-order valence-electron chi connectivity index (χ0n) is 16.4. The Balaban J connectivity index is 1.34. The van der Waals surface area contributed by atoms with Crippen LogP contribution < -0.4 is 4.74 Å². The molecule has 1 aliphatic rings. The van der Waals surface area contributed by atoms with Gasteiger partial charge >= 0.3 is 0 Å². The molecule has 150 valence electrons. The summed E-state index contributed by atoms with van der Waals surface area (Å²) < 4.78 is 7.20. The molecule has 0 atom stereocenters. The van der Waals surface area contributed by atoms with E-state index in [4.69, 9.17) is 4.74 Å². The van der Waals surface area contributed by atoms with Gasteiger partial charge in [-0.05, 0) is 53.7 Å². The van der Waals surface area contributed by atoms with Crippen LogP contribution >= 0.6 is 0 Å². The number of carbonyl (C=O) groups excluding carboxylic acids is 1. The fourth-order valence-corrected chi connectivity index (χ4v) is 3.43. The Morgan fingerprint density at radius 3 is 2.41 bits per heavy atom. The molecule has 0 radical (unpaired) electrons. The van der Waals surface area contributed by atoms with Crippen LogP contribution in [0.15, 0.2) is 54.6 Å². The Morgan fingerprint density at radius 1 is 1.00 bits per heavy atom. The number of carbonyl (C=O) groups is 1. The lowest BCUT2D eigenvalue weighted by Gasteiger charge is -2.34. The van der Waals surface area contributed by atoms with Gasteiger partial charge in [0.25, 0.3) is 5.91 Å². The van der Waals surface area contributed by atoms with Crippen molar-refractivity contribution in [2.75, 3.05) is 32.8 Å². The second-order valence-electron chi connectivity index (χ2n) is 6.87. The first-order valence-corrected chi connectivity index (χ1v) is 9.82. The molecule has 4 rings (SSSR count). The third kappa shape index (κ3) is 4.43. The predicted octanol–water partition coefficient (Wildman–Crippen LogP) is 2.02. The maximum absolute atomic E-state index is 12.8. The molecule has 0 aliphatic carbocycles. The van der Waals surface area contributed by atoms with Gasteiger partial charge in [0.2, 0.25) is 0 Å². The fraction of sp³-hybridized carbons (Fsp3) is 0.333. The number of aromatic nitrogens is 4. The summed E-state index contributed by atoms with van der Waals surface area (Å²) >= 11 is 0. The van der Waals surface area contributed by atoms with Crippen LogP contribution in [0.5, 0.6) is 5.75 Å². The van der Waals surface area contributed by atoms with Gasteiger partial charge in [0.05, 0.1) is 18.8 Å². The van der Waals surface area contributed by atoms with Gasteiger partial charge in [0.1, 0.15) is 5.75 Å². The minimum absolute atomic E-state index is 0.0572. The molecule has 0 spiro atoms. The summed E-state index contributed by atoms with van der Waals surface area (Å²) in [6, 6.07) is 17.2. The van der Waals surface area contributed by atoms with Gasteiger partial charge in [0, 0.05) is 31.7 Å². The topological polar surface area (TPSA) is 76.4 Å². The third-order valence-electron chi connectivity index (χ3n) is 4.97.